The Morgan fingerprint density at radius 2 is 2.05 bits per heavy atom. The zero-order chi connectivity index (χ0) is 14.0. The Kier molecular flexibility index (Phi) is 4.04. The highest BCUT2D eigenvalue weighted by molar-refractivity contribution is 5.20. The molecule has 0 aliphatic heterocycles. The summed E-state index contributed by atoms with van der Waals surface area (Å²) in [5.41, 5.74) is 3.29. The minimum Gasteiger partial charge on any atom is -0.361 e. The summed E-state index contributed by atoms with van der Waals surface area (Å²) in [6, 6.07) is 0.613. The molecule has 0 aromatic carbocycles. The first-order valence-corrected chi connectivity index (χ1v) is 6.65. The van der Waals surface area contributed by atoms with Gasteiger partial charge in [-0.25, -0.2) is 0 Å². The average molecular weight is 262 g/mol. The van der Waals surface area contributed by atoms with Crippen LogP contribution in [0.25, 0.3) is 0 Å². The van der Waals surface area contributed by atoms with Crippen LogP contribution in [0.4, 0.5) is 0 Å². The van der Waals surface area contributed by atoms with E-state index in [1.165, 1.54) is 5.56 Å². The summed E-state index contributed by atoms with van der Waals surface area (Å²) in [4.78, 5) is 0. The molecule has 104 valence electrons. The number of nitrogens with zero attached hydrogens (tertiary/aromatic N) is 3. The van der Waals surface area contributed by atoms with Crippen molar-refractivity contribution >= 4 is 0 Å². The summed E-state index contributed by atoms with van der Waals surface area (Å²) < 4.78 is 7.17. The van der Waals surface area contributed by atoms with Crippen LogP contribution in [-0.2, 0) is 6.54 Å². The van der Waals surface area contributed by atoms with Gasteiger partial charge in [-0.1, -0.05) is 5.16 Å². The molecule has 0 aliphatic carbocycles. The average Bonchev–Trinajstić information content (AvgIpc) is 2.93. The summed E-state index contributed by atoms with van der Waals surface area (Å²) in [5, 5.41) is 11.8. The standard InChI is InChI=1S/C14H22N4O/c1-9-6-16-18(8-9)12(4)10(2)15-7-14-11(3)17-19-13(14)5/h6,8,10,12,15H,7H2,1-5H3. The molecule has 19 heavy (non-hydrogen) atoms. The molecule has 2 aromatic rings. The fourth-order valence-corrected chi connectivity index (χ4v) is 2.07. The SMILES string of the molecule is Cc1cnn(C(C)C(C)NCc2c(C)noc2C)c1. The molecule has 0 bridgehead atoms. The predicted octanol–water partition coefficient (Wildman–Crippen LogP) is 2.54. The Balaban J connectivity index is 1.96. The van der Waals surface area contributed by atoms with E-state index in [0.717, 1.165) is 23.6 Å². The highest BCUT2D eigenvalue weighted by atomic mass is 16.5. The van der Waals surface area contributed by atoms with Crippen LogP contribution < -0.4 is 5.32 Å². The number of rotatable bonds is 5. The van der Waals surface area contributed by atoms with Crippen molar-refractivity contribution in [2.24, 2.45) is 0 Å². The predicted molar refractivity (Wildman–Crippen MR) is 74.0 cm³/mol. The molecule has 0 fully saturated rings. The highest BCUT2D eigenvalue weighted by Gasteiger charge is 2.16. The maximum Gasteiger partial charge on any atom is 0.138 e. The largest absolute Gasteiger partial charge is 0.361 e. The Bertz CT molecular complexity index is 524. The Labute approximate surface area is 114 Å². The van der Waals surface area contributed by atoms with E-state index < -0.39 is 0 Å². The molecular formula is C14H22N4O. The molecule has 5 heteroatoms. The van der Waals surface area contributed by atoms with Gasteiger partial charge in [-0.3, -0.25) is 4.68 Å². The van der Waals surface area contributed by atoms with E-state index in [9.17, 15) is 0 Å². The van der Waals surface area contributed by atoms with Crippen LogP contribution in [0.5, 0.6) is 0 Å². The summed E-state index contributed by atoms with van der Waals surface area (Å²) in [6.07, 6.45) is 3.95. The lowest BCUT2D eigenvalue weighted by molar-refractivity contribution is 0.362. The minimum absolute atomic E-state index is 0.300. The van der Waals surface area contributed by atoms with Gasteiger partial charge in [-0.05, 0) is 40.2 Å². The van der Waals surface area contributed by atoms with Crippen molar-refractivity contribution in [3.8, 4) is 0 Å². The van der Waals surface area contributed by atoms with Crippen molar-refractivity contribution in [3.63, 3.8) is 0 Å². The van der Waals surface area contributed by atoms with Crippen molar-refractivity contribution in [2.45, 2.75) is 53.2 Å². The van der Waals surface area contributed by atoms with Gasteiger partial charge in [0.15, 0.2) is 0 Å². The van der Waals surface area contributed by atoms with E-state index in [1.807, 2.05) is 24.7 Å². The second-order valence-corrected chi connectivity index (χ2v) is 5.21. The molecule has 2 rings (SSSR count). The molecule has 0 aliphatic rings. The summed E-state index contributed by atoms with van der Waals surface area (Å²) >= 11 is 0. The monoisotopic (exact) mass is 262 g/mol. The molecule has 2 aromatic heterocycles. The highest BCUT2D eigenvalue weighted by Crippen LogP contribution is 2.15. The van der Waals surface area contributed by atoms with Crippen molar-refractivity contribution in [1.29, 1.82) is 0 Å². The molecule has 0 radical (unpaired) electrons. The molecule has 2 unspecified atom stereocenters. The van der Waals surface area contributed by atoms with Gasteiger partial charge in [0.05, 0.1) is 17.9 Å². The smallest absolute Gasteiger partial charge is 0.138 e. The van der Waals surface area contributed by atoms with Crippen LogP contribution in [0.15, 0.2) is 16.9 Å². The van der Waals surface area contributed by atoms with Gasteiger partial charge in [0.2, 0.25) is 0 Å². The number of aryl methyl sites for hydroxylation is 3. The van der Waals surface area contributed by atoms with Gasteiger partial charge in [0.25, 0.3) is 0 Å². The van der Waals surface area contributed by atoms with E-state index in [2.05, 4.69) is 42.5 Å². The molecular weight excluding hydrogens is 240 g/mol. The van der Waals surface area contributed by atoms with Gasteiger partial charge < -0.3 is 9.84 Å². The van der Waals surface area contributed by atoms with E-state index in [1.54, 1.807) is 0 Å². The molecule has 2 atom stereocenters. The molecule has 2 heterocycles. The topological polar surface area (TPSA) is 55.9 Å². The lowest BCUT2D eigenvalue weighted by Crippen LogP contribution is -2.33. The van der Waals surface area contributed by atoms with Crippen molar-refractivity contribution in [3.05, 3.63) is 35.0 Å². The van der Waals surface area contributed by atoms with Crippen LogP contribution in [0, 0.1) is 20.8 Å². The van der Waals surface area contributed by atoms with Crippen LogP contribution in [0.3, 0.4) is 0 Å². The lowest BCUT2D eigenvalue weighted by Gasteiger charge is -2.21. The Morgan fingerprint density at radius 1 is 1.32 bits per heavy atom. The second kappa shape index (κ2) is 5.57. The first-order valence-electron chi connectivity index (χ1n) is 6.65. The van der Waals surface area contributed by atoms with Crippen LogP contribution in [0.1, 0.15) is 42.5 Å². The number of aromatic nitrogens is 3. The molecule has 0 spiro atoms. The van der Waals surface area contributed by atoms with Crippen molar-refractivity contribution in [1.82, 2.24) is 20.3 Å². The Morgan fingerprint density at radius 3 is 2.58 bits per heavy atom. The zero-order valence-corrected chi connectivity index (χ0v) is 12.3. The summed E-state index contributed by atoms with van der Waals surface area (Å²) in [7, 11) is 0. The maximum absolute atomic E-state index is 5.17. The third kappa shape index (κ3) is 3.04. The third-order valence-electron chi connectivity index (χ3n) is 3.65. The lowest BCUT2D eigenvalue weighted by atomic mass is 10.1. The number of hydrogen-bond donors (Lipinski definition) is 1. The van der Waals surface area contributed by atoms with Crippen LogP contribution >= 0.6 is 0 Å². The number of hydrogen-bond acceptors (Lipinski definition) is 4. The molecule has 1 N–H and O–H groups in total. The fraction of sp³-hybridized carbons (Fsp3) is 0.571. The zero-order valence-electron chi connectivity index (χ0n) is 12.3. The molecule has 5 nitrogen and oxygen atoms in total. The molecule has 0 saturated heterocycles. The maximum atomic E-state index is 5.17. The van der Waals surface area contributed by atoms with Crippen LogP contribution in [-0.4, -0.2) is 21.0 Å². The van der Waals surface area contributed by atoms with Gasteiger partial charge in [0.1, 0.15) is 5.76 Å². The molecule has 0 saturated carbocycles. The van der Waals surface area contributed by atoms with E-state index in [4.69, 9.17) is 4.52 Å². The molecule has 0 amide bonds. The Hall–Kier alpha value is -1.62. The third-order valence-corrected chi connectivity index (χ3v) is 3.65. The minimum atomic E-state index is 0.300. The first-order chi connectivity index (χ1) is 8.99. The summed E-state index contributed by atoms with van der Waals surface area (Å²) in [5.74, 6) is 0.889. The van der Waals surface area contributed by atoms with Gasteiger partial charge in [-0.2, -0.15) is 5.10 Å². The van der Waals surface area contributed by atoms with Gasteiger partial charge in [0, 0.05) is 24.3 Å². The van der Waals surface area contributed by atoms with Crippen molar-refractivity contribution < 1.29 is 4.52 Å². The summed E-state index contributed by atoms with van der Waals surface area (Å²) in [6.45, 7) is 11.1. The van der Waals surface area contributed by atoms with E-state index in [-0.39, 0.29) is 0 Å². The van der Waals surface area contributed by atoms with Crippen LogP contribution in [0.2, 0.25) is 0 Å². The van der Waals surface area contributed by atoms with E-state index in [0.29, 0.717) is 12.1 Å². The van der Waals surface area contributed by atoms with Crippen molar-refractivity contribution in [2.75, 3.05) is 0 Å². The normalized spacial score (nSPS) is 14.6. The first kappa shape index (κ1) is 13.8. The second-order valence-electron chi connectivity index (χ2n) is 5.21. The number of nitrogens with one attached hydrogen (secondary N) is 1. The van der Waals surface area contributed by atoms with E-state index >= 15 is 0 Å². The quantitative estimate of drug-likeness (QED) is 0.899. The van der Waals surface area contributed by atoms with Gasteiger partial charge >= 0.3 is 0 Å². The fourth-order valence-electron chi connectivity index (χ4n) is 2.07. The van der Waals surface area contributed by atoms with Gasteiger partial charge in [-0.15, -0.1) is 0 Å².